The molecule has 0 aliphatic heterocycles. The third-order valence-corrected chi connectivity index (χ3v) is 5.93. The summed E-state index contributed by atoms with van der Waals surface area (Å²) in [5, 5.41) is 17.3. The largest absolute Gasteiger partial charge is 0.707 e. The predicted octanol–water partition coefficient (Wildman–Crippen LogP) is 3.08. The van der Waals surface area contributed by atoms with Crippen molar-refractivity contribution in [2.75, 3.05) is 0 Å². The Morgan fingerprint density at radius 2 is 1.57 bits per heavy atom. The minimum atomic E-state index is -1.84. The van der Waals surface area contributed by atoms with Crippen molar-refractivity contribution in [2.45, 2.75) is 0 Å². The van der Waals surface area contributed by atoms with Crippen LogP contribution in [0.1, 0.15) is 0 Å². The van der Waals surface area contributed by atoms with Crippen molar-refractivity contribution in [3.8, 4) is 5.75 Å². The van der Waals surface area contributed by atoms with Gasteiger partial charge in [-0.1, -0.05) is 0 Å². The predicted molar refractivity (Wildman–Crippen MR) is 68.1 cm³/mol. The molecule has 0 saturated heterocycles. The van der Waals surface area contributed by atoms with Gasteiger partial charge in [-0.05, 0) is 69.8 Å². The Balaban J connectivity index is 3.19. The Labute approximate surface area is 115 Å². The second-order valence-corrected chi connectivity index (χ2v) is 5.48. The normalized spacial score (nSPS) is 10.1. The van der Waals surface area contributed by atoms with E-state index in [1.807, 2.05) is 0 Å². The third kappa shape index (κ3) is 2.96. The van der Waals surface area contributed by atoms with E-state index < -0.39 is 7.32 Å². The van der Waals surface area contributed by atoms with Crippen molar-refractivity contribution in [3.05, 3.63) is 24.0 Å². The van der Waals surface area contributed by atoms with Crippen LogP contribution in [-0.2, 0) is 0 Å². The molecule has 0 aliphatic carbocycles. The maximum absolute atomic E-state index is 8.65. The summed E-state index contributed by atoms with van der Waals surface area (Å²) in [6.45, 7) is 0. The van der Waals surface area contributed by atoms with Crippen molar-refractivity contribution >= 4 is 71.0 Å². The van der Waals surface area contributed by atoms with Crippen molar-refractivity contribution in [2.24, 2.45) is 0 Å². The zero-order valence-corrected chi connectivity index (χ0v) is 12.8. The van der Waals surface area contributed by atoms with Gasteiger partial charge in [-0.2, -0.15) is 0 Å². The topological polar surface area (TPSA) is 49.7 Å². The number of hydrogen-bond donors (Lipinski definition) is 2. The average Bonchev–Trinajstić information content (AvgIpc) is 2.10. The van der Waals surface area contributed by atoms with Gasteiger partial charge in [0, 0.05) is 8.95 Å². The first-order valence-corrected chi connectivity index (χ1v) is 6.46. The summed E-state index contributed by atoms with van der Waals surface area (Å²) in [6.07, 6.45) is 0. The summed E-state index contributed by atoms with van der Waals surface area (Å²) in [5.74, 6) is 0.321. The number of benzene rings is 1. The zero-order chi connectivity index (χ0) is 10.9. The highest BCUT2D eigenvalue weighted by Gasteiger charge is 2.18. The fourth-order valence-electron chi connectivity index (χ4n) is 0.750. The number of hydrogen-bond acceptors (Lipinski definition) is 3. The van der Waals surface area contributed by atoms with Gasteiger partial charge in [0.1, 0.15) is 5.75 Å². The second-order valence-electron chi connectivity index (χ2n) is 2.24. The molecule has 14 heavy (non-hydrogen) atoms. The van der Waals surface area contributed by atoms with Crippen molar-refractivity contribution in [3.63, 3.8) is 0 Å². The van der Waals surface area contributed by atoms with Crippen LogP contribution in [0.2, 0.25) is 0 Å². The van der Waals surface area contributed by atoms with Crippen LogP contribution in [0.5, 0.6) is 5.75 Å². The summed E-state index contributed by atoms with van der Waals surface area (Å²) in [6, 6.07) is 1.61. The molecule has 0 atom stereocenters. The highest BCUT2D eigenvalue weighted by atomic mass is 79.9. The van der Waals surface area contributed by atoms with E-state index in [4.69, 9.17) is 14.7 Å². The summed E-state index contributed by atoms with van der Waals surface area (Å²) in [5.41, 5.74) is 0. The highest BCUT2D eigenvalue weighted by molar-refractivity contribution is 9.15. The Morgan fingerprint density at radius 1 is 1.00 bits per heavy atom. The number of rotatable bonds is 2. The van der Waals surface area contributed by atoms with E-state index in [-0.39, 0.29) is 0 Å². The van der Waals surface area contributed by atoms with Gasteiger partial charge >= 0.3 is 7.32 Å². The molecule has 76 valence electrons. The molecule has 0 amide bonds. The molecule has 0 spiro atoms. The molecular formula is C6H3BBr4O3. The molecule has 0 bridgehead atoms. The van der Waals surface area contributed by atoms with E-state index in [2.05, 4.69) is 63.7 Å². The Kier molecular flexibility index (Phi) is 4.93. The lowest BCUT2D eigenvalue weighted by atomic mass is 10.2. The third-order valence-electron chi connectivity index (χ3n) is 1.30. The van der Waals surface area contributed by atoms with Gasteiger partial charge in [-0.3, -0.25) is 0 Å². The molecule has 1 aromatic carbocycles. The van der Waals surface area contributed by atoms with Crippen LogP contribution in [0.3, 0.4) is 0 Å². The van der Waals surface area contributed by atoms with Crippen molar-refractivity contribution < 1.29 is 14.7 Å². The van der Waals surface area contributed by atoms with Crippen LogP contribution in [0, 0.1) is 0 Å². The standard InChI is InChI=1S/C6H3BBr4O3/c8-2-1-3(14-7(12)13)5(10)6(11)4(2)9/h1,12-13H. The smallest absolute Gasteiger partial charge is 0.511 e. The van der Waals surface area contributed by atoms with Gasteiger partial charge < -0.3 is 14.7 Å². The lowest BCUT2D eigenvalue weighted by Gasteiger charge is -2.10. The quantitative estimate of drug-likeness (QED) is 0.411. The molecule has 1 rings (SSSR count). The van der Waals surface area contributed by atoms with Gasteiger partial charge in [0.2, 0.25) is 0 Å². The molecule has 1 aromatic rings. The van der Waals surface area contributed by atoms with Crippen LogP contribution in [-0.4, -0.2) is 17.4 Å². The Bertz CT molecular complexity index is 357. The molecule has 0 fully saturated rings. The maximum atomic E-state index is 8.65. The van der Waals surface area contributed by atoms with Gasteiger partial charge in [0.25, 0.3) is 0 Å². The molecule has 0 saturated carbocycles. The summed E-state index contributed by atoms with van der Waals surface area (Å²) in [7, 11) is -1.84. The minimum absolute atomic E-state index is 0.321. The fourth-order valence-corrected chi connectivity index (χ4v) is 2.82. The maximum Gasteiger partial charge on any atom is 0.707 e. The van der Waals surface area contributed by atoms with E-state index in [1.165, 1.54) is 0 Å². The number of halogens is 4. The van der Waals surface area contributed by atoms with E-state index in [0.29, 0.717) is 10.2 Å². The van der Waals surface area contributed by atoms with Crippen LogP contribution < -0.4 is 4.65 Å². The lowest BCUT2D eigenvalue weighted by Crippen LogP contribution is -2.20. The van der Waals surface area contributed by atoms with Crippen molar-refractivity contribution in [1.29, 1.82) is 0 Å². The van der Waals surface area contributed by atoms with E-state index in [9.17, 15) is 0 Å². The Hall–Kier alpha value is 0.925. The summed E-state index contributed by atoms with van der Waals surface area (Å²) in [4.78, 5) is 0. The first-order chi connectivity index (χ1) is 6.43. The molecule has 3 nitrogen and oxygen atoms in total. The van der Waals surface area contributed by atoms with Crippen LogP contribution in [0.15, 0.2) is 24.0 Å². The van der Waals surface area contributed by atoms with Crippen LogP contribution >= 0.6 is 63.7 Å². The van der Waals surface area contributed by atoms with Crippen LogP contribution in [0.4, 0.5) is 0 Å². The van der Waals surface area contributed by atoms with Gasteiger partial charge in [0.15, 0.2) is 0 Å². The molecule has 0 heterocycles. The summed E-state index contributed by atoms with van der Waals surface area (Å²) < 4.78 is 7.62. The lowest BCUT2D eigenvalue weighted by molar-refractivity contribution is 0.287. The first-order valence-electron chi connectivity index (χ1n) is 3.29. The average molecular weight is 454 g/mol. The van der Waals surface area contributed by atoms with Gasteiger partial charge in [0.05, 0.1) is 8.95 Å². The van der Waals surface area contributed by atoms with E-state index in [0.717, 1.165) is 13.4 Å². The SMILES string of the molecule is OB(O)Oc1cc(Br)c(Br)c(Br)c1Br. The second kappa shape index (κ2) is 5.31. The zero-order valence-electron chi connectivity index (χ0n) is 6.47. The molecule has 8 heteroatoms. The highest BCUT2D eigenvalue weighted by Crippen LogP contribution is 2.42. The molecule has 0 unspecified atom stereocenters. The molecule has 0 radical (unpaired) electrons. The molecule has 0 aromatic heterocycles. The minimum Gasteiger partial charge on any atom is -0.511 e. The van der Waals surface area contributed by atoms with Crippen molar-refractivity contribution in [1.82, 2.24) is 0 Å². The molecule has 0 aliphatic rings. The Morgan fingerprint density at radius 3 is 2.07 bits per heavy atom. The fraction of sp³-hybridized carbons (Fsp3) is 0. The molecular weight excluding hydrogens is 450 g/mol. The van der Waals surface area contributed by atoms with E-state index in [1.54, 1.807) is 6.07 Å². The van der Waals surface area contributed by atoms with Gasteiger partial charge in [-0.25, -0.2) is 0 Å². The van der Waals surface area contributed by atoms with E-state index >= 15 is 0 Å². The summed E-state index contributed by atoms with van der Waals surface area (Å²) >= 11 is 13.2. The first kappa shape index (κ1) is 13.0. The van der Waals surface area contributed by atoms with Crippen LogP contribution in [0.25, 0.3) is 0 Å². The van der Waals surface area contributed by atoms with Gasteiger partial charge in [-0.15, -0.1) is 0 Å². The molecule has 2 N–H and O–H groups in total. The monoisotopic (exact) mass is 450 g/mol.